The Morgan fingerprint density at radius 2 is 2.15 bits per heavy atom. The first kappa shape index (κ1) is 14.4. The fourth-order valence-corrected chi connectivity index (χ4v) is 2.31. The van der Waals surface area contributed by atoms with Gasteiger partial charge in [-0.1, -0.05) is 18.7 Å². The summed E-state index contributed by atoms with van der Waals surface area (Å²) in [6.45, 7) is 4.35. The first-order valence-electron chi connectivity index (χ1n) is 6.14. The maximum Gasteiger partial charge on any atom is 0.313 e. The number of hydrogen-bond donors (Lipinski definition) is 1. The van der Waals surface area contributed by atoms with Crippen LogP contribution in [0.5, 0.6) is 0 Å². The molecule has 20 heavy (non-hydrogen) atoms. The van der Waals surface area contributed by atoms with E-state index in [1.165, 1.54) is 0 Å². The van der Waals surface area contributed by atoms with Crippen LogP contribution in [0.2, 0.25) is 0 Å². The highest BCUT2D eigenvalue weighted by molar-refractivity contribution is 7.99. The minimum absolute atomic E-state index is 0.0403. The van der Waals surface area contributed by atoms with Gasteiger partial charge in [0.2, 0.25) is 0 Å². The zero-order valence-corrected chi connectivity index (χ0v) is 12.1. The molecular formula is C12H15N5O2S. The van der Waals surface area contributed by atoms with E-state index in [-0.39, 0.29) is 5.75 Å². The second-order valence-corrected chi connectivity index (χ2v) is 5.11. The van der Waals surface area contributed by atoms with Crippen molar-refractivity contribution in [2.24, 2.45) is 0 Å². The molecule has 2 heterocycles. The largest absolute Gasteiger partial charge is 0.481 e. The Morgan fingerprint density at radius 3 is 2.75 bits per heavy atom. The van der Waals surface area contributed by atoms with E-state index in [2.05, 4.69) is 20.2 Å². The van der Waals surface area contributed by atoms with Crippen molar-refractivity contribution >= 4 is 17.7 Å². The van der Waals surface area contributed by atoms with Crippen LogP contribution in [-0.2, 0) is 17.8 Å². The van der Waals surface area contributed by atoms with Crippen LogP contribution in [-0.4, -0.2) is 41.6 Å². The fraction of sp³-hybridized carbons (Fsp3) is 0.417. The lowest BCUT2D eigenvalue weighted by Crippen LogP contribution is -2.09. The Morgan fingerprint density at radius 1 is 1.35 bits per heavy atom. The normalized spacial score (nSPS) is 10.7. The molecule has 0 aliphatic carbocycles. The molecule has 1 N–H and O–H groups in total. The molecule has 0 saturated heterocycles. The van der Waals surface area contributed by atoms with Crippen LogP contribution < -0.4 is 0 Å². The van der Waals surface area contributed by atoms with Crippen molar-refractivity contribution < 1.29 is 9.90 Å². The number of hydrogen-bond acceptors (Lipinski definition) is 6. The third-order valence-electron chi connectivity index (χ3n) is 2.59. The topological polar surface area (TPSA) is 93.8 Å². The van der Waals surface area contributed by atoms with Gasteiger partial charge in [-0.2, -0.15) is 0 Å². The van der Waals surface area contributed by atoms with Crippen molar-refractivity contribution in [1.82, 2.24) is 24.7 Å². The molecule has 0 saturated carbocycles. The van der Waals surface area contributed by atoms with E-state index in [0.29, 0.717) is 11.7 Å². The summed E-state index contributed by atoms with van der Waals surface area (Å²) in [6, 6.07) is 0. The smallest absolute Gasteiger partial charge is 0.313 e. The Balaban J connectivity index is 2.21. The van der Waals surface area contributed by atoms with Crippen molar-refractivity contribution in [1.29, 1.82) is 0 Å². The quantitative estimate of drug-likeness (QED) is 0.799. The second-order valence-electron chi connectivity index (χ2n) is 4.17. The summed E-state index contributed by atoms with van der Waals surface area (Å²) in [7, 11) is 0. The zero-order chi connectivity index (χ0) is 14.5. The van der Waals surface area contributed by atoms with E-state index >= 15 is 0 Å². The van der Waals surface area contributed by atoms with E-state index in [0.717, 1.165) is 35.4 Å². The van der Waals surface area contributed by atoms with E-state index in [1.54, 1.807) is 12.4 Å². The van der Waals surface area contributed by atoms with Gasteiger partial charge in [-0.05, 0) is 6.92 Å². The van der Waals surface area contributed by atoms with Crippen molar-refractivity contribution in [2.75, 3.05) is 5.75 Å². The molecule has 2 aromatic heterocycles. The SMILES string of the molecule is CCc1nnc(SCC(=O)O)n1Cc1cnc(C)cn1. The molecule has 0 atom stereocenters. The summed E-state index contributed by atoms with van der Waals surface area (Å²) in [5, 5.41) is 17.5. The van der Waals surface area contributed by atoms with Crippen molar-refractivity contribution in [3.8, 4) is 0 Å². The van der Waals surface area contributed by atoms with Gasteiger partial charge in [-0.3, -0.25) is 19.3 Å². The lowest BCUT2D eigenvalue weighted by atomic mass is 10.4. The lowest BCUT2D eigenvalue weighted by Gasteiger charge is -2.08. The van der Waals surface area contributed by atoms with Crippen LogP contribution in [0, 0.1) is 6.92 Å². The fourth-order valence-electron chi connectivity index (χ4n) is 1.64. The predicted octanol–water partition coefficient (Wildman–Crippen LogP) is 1.16. The zero-order valence-electron chi connectivity index (χ0n) is 11.3. The van der Waals surface area contributed by atoms with Gasteiger partial charge in [0.15, 0.2) is 5.16 Å². The third-order valence-corrected chi connectivity index (χ3v) is 3.54. The number of aliphatic carboxylic acids is 1. The molecule has 0 aromatic carbocycles. The van der Waals surface area contributed by atoms with Gasteiger partial charge in [0.25, 0.3) is 0 Å². The molecule has 2 aromatic rings. The molecule has 0 fully saturated rings. The number of aromatic nitrogens is 5. The molecule has 7 nitrogen and oxygen atoms in total. The number of thioether (sulfide) groups is 1. The summed E-state index contributed by atoms with van der Waals surface area (Å²) in [4.78, 5) is 19.2. The maximum atomic E-state index is 10.7. The van der Waals surface area contributed by atoms with Gasteiger partial charge in [0.05, 0.1) is 29.9 Å². The van der Waals surface area contributed by atoms with Crippen molar-refractivity contribution in [2.45, 2.75) is 32.0 Å². The van der Waals surface area contributed by atoms with Crippen LogP contribution in [0.1, 0.15) is 24.1 Å². The predicted molar refractivity (Wildman–Crippen MR) is 73.6 cm³/mol. The van der Waals surface area contributed by atoms with E-state index in [1.807, 2.05) is 18.4 Å². The Bertz CT molecular complexity index is 596. The molecule has 0 unspecified atom stereocenters. The molecule has 0 amide bonds. The summed E-state index contributed by atoms with van der Waals surface area (Å²) in [5.41, 5.74) is 1.65. The first-order chi connectivity index (χ1) is 9.60. The van der Waals surface area contributed by atoms with Crippen molar-refractivity contribution in [3.63, 3.8) is 0 Å². The standard InChI is InChI=1S/C12H15N5O2S/c1-3-10-15-16-12(20-7-11(18)19)17(10)6-9-5-13-8(2)4-14-9/h4-5H,3,6-7H2,1-2H3,(H,18,19). The van der Waals surface area contributed by atoms with Gasteiger partial charge in [0.1, 0.15) is 5.82 Å². The molecule has 2 rings (SSSR count). The van der Waals surface area contributed by atoms with Crippen LogP contribution >= 0.6 is 11.8 Å². The molecule has 0 radical (unpaired) electrons. The Labute approximate surface area is 120 Å². The minimum atomic E-state index is -0.877. The molecule has 0 spiro atoms. The average molecular weight is 293 g/mol. The number of carboxylic acid groups (broad SMARTS) is 1. The summed E-state index contributed by atoms with van der Waals surface area (Å²) >= 11 is 1.16. The molecule has 0 aliphatic rings. The second kappa shape index (κ2) is 6.47. The van der Waals surface area contributed by atoms with Gasteiger partial charge in [-0.25, -0.2) is 0 Å². The lowest BCUT2D eigenvalue weighted by molar-refractivity contribution is -0.133. The summed E-state index contributed by atoms with van der Waals surface area (Å²) < 4.78 is 1.88. The average Bonchev–Trinajstić information content (AvgIpc) is 2.81. The van der Waals surface area contributed by atoms with Gasteiger partial charge < -0.3 is 5.11 Å². The monoisotopic (exact) mass is 293 g/mol. The minimum Gasteiger partial charge on any atom is -0.481 e. The highest BCUT2D eigenvalue weighted by atomic mass is 32.2. The number of nitrogens with zero attached hydrogens (tertiary/aromatic N) is 5. The summed E-state index contributed by atoms with van der Waals surface area (Å²) in [6.07, 6.45) is 4.13. The van der Waals surface area contributed by atoms with Crippen LogP contribution in [0.3, 0.4) is 0 Å². The number of carboxylic acids is 1. The van der Waals surface area contributed by atoms with Crippen LogP contribution in [0.4, 0.5) is 0 Å². The van der Waals surface area contributed by atoms with Gasteiger partial charge >= 0.3 is 5.97 Å². The van der Waals surface area contributed by atoms with Gasteiger partial charge in [-0.15, -0.1) is 10.2 Å². The number of carbonyl (C=O) groups is 1. The molecular weight excluding hydrogens is 278 g/mol. The number of aryl methyl sites for hydroxylation is 2. The Kier molecular flexibility index (Phi) is 4.67. The highest BCUT2D eigenvalue weighted by Crippen LogP contribution is 2.18. The first-order valence-corrected chi connectivity index (χ1v) is 7.13. The molecule has 106 valence electrons. The molecule has 0 bridgehead atoms. The summed E-state index contributed by atoms with van der Waals surface area (Å²) in [5.74, 6) is -0.112. The van der Waals surface area contributed by atoms with E-state index in [4.69, 9.17) is 5.11 Å². The van der Waals surface area contributed by atoms with Gasteiger partial charge in [0, 0.05) is 12.6 Å². The highest BCUT2D eigenvalue weighted by Gasteiger charge is 2.13. The number of rotatable bonds is 6. The van der Waals surface area contributed by atoms with E-state index < -0.39 is 5.97 Å². The molecule has 8 heteroatoms. The Hall–Kier alpha value is -1.96. The van der Waals surface area contributed by atoms with Crippen LogP contribution in [0.25, 0.3) is 0 Å². The molecule has 0 aliphatic heterocycles. The maximum absolute atomic E-state index is 10.7. The van der Waals surface area contributed by atoms with Crippen LogP contribution in [0.15, 0.2) is 17.6 Å². The third kappa shape index (κ3) is 3.53. The van der Waals surface area contributed by atoms with E-state index in [9.17, 15) is 4.79 Å². The van der Waals surface area contributed by atoms with Crippen molar-refractivity contribution in [3.05, 3.63) is 29.6 Å².